The number of nitrogens with zero attached hydrogens (tertiary/aromatic N) is 1. The quantitative estimate of drug-likeness (QED) is 0.695. The molecule has 1 aliphatic heterocycles. The predicted octanol–water partition coefficient (Wildman–Crippen LogP) is 0.333. The molecule has 0 spiro atoms. The van der Waals surface area contributed by atoms with E-state index in [1.165, 1.54) is 11.8 Å². The van der Waals surface area contributed by atoms with Crippen LogP contribution < -0.4 is 0 Å². The standard InChI is InChI=1S/C8H15NO2S/c1-12-6-7(10)8(11)9-4-2-3-5-9/h7,10H,2-6H2,1H3. The van der Waals surface area contributed by atoms with Crippen LogP contribution in [0.5, 0.6) is 0 Å². The number of rotatable bonds is 3. The second kappa shape index (κ2) is 4.72. The normalized spacial score (nSPS) is 19.7. The summed E-state index contributed by atoms with van der Waals surface area (Å²) in [7, 11) is 0. The monoisotopic (exact) mass is 189 g/mol. The fourth-order valence-corrected chi connectivity index (χ4v) is 1.84. The molecule has 1 aliphatic rings. The average Bonchev–Trinajstić information content (AvgIpc) is 2.55. The van der Waals surface area contributed by atoms with E-state index >= 15 is 0 Å². The fraction of sp³-hybridized carbons (Fsp3) is 0.875. The average molecular weight is 189 g/mol. The summed E-state index contributed by atoms with van der Waals surface area (Å²) in [6.45, 7) is 1.65. The zero-order valence-electron chi connectivity index (χ0n) is 7.32. The van der Waals surface area contributed by atoms with Crippen molar-refractivity contribution in [1.29, 1.82) is 0 Å². The van der Waals surface area contributed by atoms with Crippen LogP contribution in [0.25, 0.3) is 0 Å². The number of hydrogen-bond donors (Lipinski definition) is 1. The Bertz CT molecular complexity index is 157. The minimum absolute atomic E-state index is 0.0955. The Morgan fingerprint density at radius 3 is 2.67 bits per heavy atom. The van der Waals surface area contributed by atoms with Gasteiger partial charge in [0, 0.05) is 18.8 Å². The molecular formula is C8H15NO2S. The summed E-state index contributed by atoms with van der Waals surface area (Å²) in [5.41, 5.74) is 0. The maximum Gasteiger partial charge on any atom is 0.252 e. The number of carbonyl (C=O) groups is 1. The molecule has 0 radical (unpaired) electrons. The van der Waals surface area contributed by atoms with E-state index in [4.69, 9.17) is 0 Å². The number of aliphatic hydroxyl groups is 1. The largest absolute Gasteiger partial charge is 0.382 e. The molecule has 1 rings (SSSR count). The van der Waals surface area contributed by atoms with Crippen molar-refractivity contribution in [2.24, 2.45) is 0 Å². The van der Waals surface area contributed by atoms with Gasteiger partial charge in [0.25, 0.3) is 5.91 Å². The van der Waals surface area contributed by atoms with Gasteiger partial charge in [0.15, 0.2) is 0 Å². The summed E-state index contributed by atoms with van der Waals surface area (Å²) in [6.07, 6.45) is 3.26. The number of hydrogen-bond acceptors (Lipinski definition) is 3. The minimum atomic E-state index is -0.793. The molecule has 1 fully saturated rings. The van der Waals surface area contributed by atoms with Gasteiger partial charge in [0.1, 0.15) is 6.10 Å². The first-order valence-corrected chi connectivity index (χ1v) is 5.61. The molecule has 12 heavy (non-hydrogen) atoms. The van der Waals surface area contributed by atoms with Crippen molar-refractivity contribution in [2.45, 2.75) is 18.9 Å². The molecular weight excluding hydrogens is 174 g/mol. The Hall–Kier alpha value is -0.220. The molecule has 1 saturated heterocycles. The number of aliphatic hydroxyl groups excluding tert-OH is 1. The molecule has 1 heterocycles. The molecule has 0 saturated carbocycles. The first-order valence-electron chi connectivity index (χ1n) is 4.21. The highest BCUT2D eigenvalue weighted by atomic mass is 32.2. The van der Waals surface area contributed by atoms with Crippen LogP contribution in [0.15, 0.2) is 0 Å². The second-order valence-electron chi connectivity index (χ2n) is 3.00. The predicted molar refractivity (Wildman–Crippen MR) is 50.2 cm³/mol. The van der Waals surface area contributed by atoms with E-state index < -0.39 is 6.10 Å². The lowest BCUT2D eigenvalue weighted by molar-refractivity contribution is -0.137. The molecule has 0 aliphatic carbocycles. The Morgan fingerprint density at radius 1 is 1.58 bits per heavy atom. The summed E-state index contributed by atoms with van der Waals surface area (Å²) in [5, 5.41) is 9.37. The Labute approximate surface area is 77.1 Å². The summed E-state index contributed by atoms with van der Waals surface area (Å²) >= 11 is 1.50. The third kappa shape index (κ3) is 2.38. The van der Waals surface area contributed by atoms with E-state index in [2.05, 4.69) is 0 Å². The first-order chi connectivity index (χ1) is 5.75. The van der Waals surface area contributed by atoms with Crippen molar-refractivity contribution in [1.82, 2.24) is 4.90 Å². The Morgan fingerprint density at radius 2 is 2.17 bits per heavy atom. The van der Waals surface area contributed by atoms with Crippen molar-refractivity contribution in [3.8, 4) is 0 Å². The first kappa shape index (κ1) is 9.86. The Kier molecular flexibility index (Phi) is 3.88. The molecule has 1 amide bonds. The van der Waals surface area contributed by atoms with Gasteiger partial charge >= 0.3 is 0 Å². The van der Waals surface area contributed by atoms with Crippen molar-refractivity contribution in [3.05, 3.63) is 0 Å². The second-order valence-corrected chi connectivity index (χ2v) is 3.91. The molecule has 1 N–H and O–H groups in total. The molecule has 70 valence electrons. The van der Waals surface area contributed by atoms with Crippen LogP contribution in [0.3, 0.4) is 0 Å². The zero-order valence-corrected chi connectivity index (χ0v) is 8.14. The number of thioether (sulfide) groups is 1. The van der Waals surface area contributed by atoms with Crippen LogP contribution in [-0.4, -0.2) is 47.1 Å². The zero-order chi connectivity index (χ0) is 8.97. The van der Waals surface area contributed by atoms with Crippen LogP contribution in [0.4, 0.5) is 0 Å². The van der Waals surface area contributed by atoms with E-state index in [9.17, 15) is 9.90 Å². The maximum atomic E-state index is 11.4. The maximum absolute atomic E-state index is 11.4. The van der Waals surface area contributed by atoms with Crippen LogP contribution in [0, 0.1) is 0 Å². The van der Waals surface area contributed by atoms with E-state index in [0.29, 0.717) is 5.75 Å². The third-order valence-corrected chi connectivity index (χ3v) is 2.68. The van der Waals surface area contributed by atoms with Gasteiger partial charge in [0.2, 0.25) is 0 Å². The summed E-state index contributed by atoms with van der Waals surface area (Å²) in [5.74, 6) is 0.414. The topological polar surface area (TPSA) is 40.5 Å². The van der Waals surface area contributed by atoms with Crippen LogP contribution >= 0.6 is 11.8 Å². The lowest BCUT2D eigenvalue weighted by atomic mass is 10.3. The number of carbonyl (C=O) groups excluding carboxylic acids is 1. The van der Waals surface area contributed by atoms with Crippen LogP contribution in [0.1, 0.15) is 12.8 Å². The fourth-order valence-electron chi connectivity index (χ4n) is 1.38. The molecule has 1 atom stereocenters. The van der Waals surface area contributed by atoms with E-state index in [1.54, 1.807) is 4.90 Å². The van der Waals surface area contributed by atoms with Crippen molar-refractivity contribution < 1.29 is 9.90 Å². The highest BCUT2D eigenvalue weighted by molar-refractivity contribution is 7.98. The third-order valence-electron chi connectivity index (χ3n) is 2.03. The summed E-state index contributed by atoms with van der Waals surface area (Å²) in [6, 6.07) is 0. The van der Waals surface area contributed by atoms with Gasteiger partial charge in [-0.25, -0.2) is 0 Å². The SMILES string of the molecule is CSCC(O)C(=O)N1CCCC1. The molecule has 0 bridgehead atoms. The summed E-state index contributed by atoms with van der Waals surface area (Å²) < 4.78 is 0. The van der Waals surface area contributed by atoms with E-state index in [1.807, 2.05) is 6.26 Å². The van der Waals surface area contributed by atoms with Crippen molar-refractivity contribution in [3.63, 3.8) is 0 Å². The molecule has 4 heteroatoms. The van der Waals surface area contributed by atoms with Gasteiger partial charge in [-0.2, -0.15) is 11.8 Å². The van der Waals surface area contributed by atoms with Gasteiger partial charge < -0.3 is 10.0 Å². The smallest absolute Gasteiger partial charge is 0.252 e. The lowest BCUT2D eigenvalue weighted by Crippen LogP contribution is -2.38. The van der Waals surface area contributed by atoms with Gasteiger partial charge in [-0.3, -0.25) is 4.79 Å². The van der Waals surface area contributed by atoms with Gasteiger partial charge in [-0.05, 0) is 19.1 Å². The molecule has 0 aromatic heterocycles. The van der Waals surface area contributed by atoms with Crippen molar-refractivity contribution >= 4 is 17.7 Å². The summed E-state index contributed by atoms with van der Waals surface area (Å²) in [4.78, 5) is 13.1. The highest BCUT2D eigenvalue weighted by Gasteiger charge is 2.23. The molecule has 3 nitrogen and oxygen atoms in total. The van der Waals surface area contributed by atoms with Crippen LogP contribution in [-0.2, 0) is 4.79 Å². The van der Waals surface area contributed by atoms with Gasteiger partial charge in [0.05, 0.1) is 0 Å². The van der Waals surface area contributed by atoms with Gasteiger partial charge in [-0.15, -0.1) is 0 Å². The van der Waals surface area contributed by atoms with Crippen LogP contribution in [0.2, 0.25) is 0 Å². The lowest BCUT2D eigenvalue weighted by Gasteiger charge is -2.18. The minimum Gasteiger partial charge on any atom is -0.382 e. The number of amides is 1. The molecule has 1 unspecified atom stereocenters. The molecule has 0 aromatic rings. The van der Waals surface area contributed by atoms with Gasteiger partial charge in [-0.1, -0.05) is 0 Å². The van der Waals surface area contributed by atoms with E-state index in [0.717, 1.165) is 25.9 Å². The highest BCUT2D eigenvalue weighted by Crippen LogP contribution is 2.10. The molecule has 0 aromatic carbocycles. The Balaban J connectivity index is 2.34. The van der Waals surface area contributed by atoms with E-state index in [-0.39, 0.29) is 5.91 Å². The number of likely N-dealkylation sites (tertiary alicyclic amines) is 1. The van der Waals surface area contributed by atoms with Crippen molar-refractivity contribution in [2.75, 3.05) is 25.1 Å².